The monoisotopic (exact) mass is 382 g/mol. The van der Waals surface area contributed by atoms with Gasteiger partial charge in [-0.2, -0.15) is 9.61 Å². The molecule has 4 rings (SSSR count). The second-order valence-corrected chi connectivity index (χ2v) is 6.35. The summed E-state index contributed by atoms with van der Waals surface area (Å²) in [5, 5.41) is 12.6. The molecule has 0 aliphatic carbocycles. The molecule has 0 fully saturated rings. The van der Waals surface area contributed by atoms with E-state index in [2.05, 4.69) is 22.1 Å². The average molecular weight is 382 g/mol. The van der Waals surface area contributed by atoms with E-state index in [4.69, 9.17) is 24.3 Å². The van der Waals surface area contributed by atoms with E-state index in [1.165, 1.54) is 0 Å². The van der Waals surface area contributed by atoms with Gasteiger partial charge in [0.15, 0.2) is 28.6 Å². The molecule has 0 aliphatic rings. The zero-order chi connectivity index (χ0) is 19.7. The summed E-state index contributed by atoms with van der Waals surface area (Å²) in [6.45, 7) is 2.15. The Balaban J connectivity index is 1.92. The number of nitrogens with zero attached hydrogens (tertiary/aromatic N) is 5. The molecule has 0 bridgehead atoms. The first-order valence-corrected chi connectivity index (χ1v) is 9.09. The van der Waals surface area contributed by atoms with E-state index in [0.29, 0.717) is 34.4 Å². The lowest BCUT2D eigenvalue weighted by atomic mass is 10.1. The number of fused-ring (bicyclic) bond motifs is 3. The Morgan fingerprint density at radius 3 is 2.43 bits per heavy atom. The Hall–Kier alpha value is -3.36. The Bertz CT molecular complexity index is 1110. The number of nitrogens with one attached hydrogen (secondary N) is 1. The number of ether oxygens (including phenoxy) is 3. The van der Waals surface area contributed by atoms with Crippen LogP contribution in [0.4, 0.5) is 0 Å². The van der Waals surface area contributed by atoms with Crippen molar-refractivity contribution in [1.29, 1.82) is 0 Å². The summed E-state index contributed by atoms with van der Waals surface area (Å²) in [6.07, 6.45) is 4.61. The standard InChI is InChI=1S/C19H22N6O3/c1-5-6-7-15-21-18-12(10-20-23-18)19-22-17(24-25(15)19)11-8-13(26-2)16(28-4)14(9-11)27-3/h8-10H,5-7H2,1-4H3,(H,20,23). The lowest BCUT2D eigenvalue weighted by molar-refractivity contribution is 0.324. The van der Waals surface area contributed by atoms with Crippen molar-refractivity contribution in [3.8, 4) is 28.6 Å². The number of rotatable bonds is 7. The number of aromatic nitrogens is 6. The molecule has 0 radical (unpaired) electrons. The van der Waals surface area contributed by atoms with Gasteiger partial charge in [0.1, 0.15) is 5.82 Å². The minimum Gasteiger partial charge on any atom is -0.493 e. The largest absolute Gasteiger partial charge is 0.493 e. The van der Waals surface area contributed by atoms with Gasteiger partial charge in [-0.05, 0) is 18.6 Å². The van der Waals surface area contributed by atoms with Gasteiger partial charge in [-0.25, -0.2) is 9.97 Å². The number of unbranched alkanes of at least 4 members (excludes halogenated alkanes) is 1. The van der Waals surface area contributed by atoms with Gasteiger partial charge >= 0.3 is 0 Å². The van der Waals surface area contributed by atoms with Crippen LogP contribution in [-0.2, 0) is 6.42 Å². The Labute approximate surface area is 161 Å². The van der Waals surface area contributed by atoms with Crippen LogP contribution >= 0.6 is 0 Å². The lowest BCUT2D eigenvalue weighted by Gasteiger charge is -2.12. The van der Waals surface area contributed by atoms with Gasteiger partial charge in [-0.1, -0.05) is 13.3 Å². The van der Waals surface area contributed by atoms with Gasteiger partial charge < -0.3 is 14.2 Å². The van der Waals surface area contributed by atoms with E-state index in [-0.39, 0.29) is 0 Å². The summed E-state index contributed by atoms with van der Waals surface area (Å²) in [5.41, 5.74) is 2.19. The van der Waals surface area contributed by atoms with Crippen LogP contribution in [0, 0.1) is 0 Å². The van der Waals surface area contributed by atoms with Crippen molar-refractivity contribution >= 4 is 16.7 Å². The molecule has 0 aliphatic heterocycles. The van der Waals surface area contributed by atoms with Crippen LogP contribution in [0.5, 0.6) is 17.2 Å². The van der Waals surface area contributed by atoms with Crippen molar-refractivity contribution in [2.45, 2.75) is 26.2 Å². The fourth-order valence-corrected chi connectivity index (χ4v) is 3.20. The summed E-state index contributed by atoms with van der Waals surface area (Å²) in [6, 6.07) is 3.67. The molecular formula is C19H22N6O3. The molecule has 146 valence electrons. The lowest BCUT2D eigenvalue weighted by Crippen LogP contribution is -2.03. The van der Waals surface area contributed by atoms with Crippen molar-refractivity contribution < 1.29 is 14.2 Å². The van der Waals surface area contributed by atoms with Crippen LogP contribution in [0.2, 0.25) is 0 Å². The highest BCUT2D eigenvalue weighted by molar-refractivity contribution is 5.89. The molecule has 28 heavy (non-hydrogen) atoms. The minimum atomic E-state index is 0.528. The first kappa shape index (κ1) is 18.0. The minimum absolute atomic E-state index is 0.528. The molecule has 4 aromatic rings. The molecule has 3 aromatic heterocycles. The predicted octanol–water partition coefficient (Wildman–Crippen LogP) is 3.04. The van der Waals surface area contributed by atoms with Crippen molar-refractivity contribution in [2.75, 3.05) is 21.3 Å². The molecule has 1 N–H and O–H groups in total. The van der Waals surface area contributed by atoms with Crippen LogP contribution in [0.25, 0.3) is 28.1 Å². The molecule has 0 unspecified atom stereocenters. The van der Waals surface area contributed by atoms with Crippen LogP contribution in [-0.4, -0.2) is 51.1 Å². The number of aromatic amines is 1. The SMILES string of the molecule is CCCCc1nc2[nH]ncc2c2nc(-c3cc(OC)c(OC)c(OC)c3)nn12. The summed E-state index contributed by atoms with van der Waals surface area (Å²) in [7, 11) is 4.74. The highest BCUT2D eigenvalue weighted by Crippen LogP contribution is 2.40. The number of methoxy groups -OCH3 is 3. The van der Waals surface area contributed by atoms with E-state index in [0.717, 1.165) is 36.0 Å². The molecule has 0 spiro atoms. The summed E-state index contributed by atoms with van der Waals surface area (Å²) < 4.78 is 18.1. The van der Waals surface area contributed by atoms with E-state index in [1.54, 1.807) is 32.0 Å². The molecule has 0 saturated carbocycles. The third-order valence-electron chi connectivity index (χ3n) is 4.63. The second kappa shape index (κ2) is 7.34. The summed E-state index contributed by atoms with van der Waals surface area (Å²) >= 11 is 0. The number of hydrogen-bond donors (Lipinski definition) is 1. The van der Waals surface area contributed by atoms with E-state index in [9.17, 15) is 0 Å². The first-order valence-electron chi connectivity index (χ1n) is 9.09. The molecule has 9 nitrogen and oxygen atoms in total. The van der Waals surface area contributed by atoms with E-state index in [1.807, 2.05) is 12.1 Å². The molecule has 9 heteroatoms. The van der Waals surface area contributed by atoms with Gasteiger partial charge in [0.2, 0.25) is 5.75 Å². The summed E-state index contributed by atoms with van der Waals surface area (Å²) in [4.78, 5) is 9.43. The molecule has 3 heterocycles. The molecule has 0 saturated heterocycles. The van der Waals surface area contributed by atoms with E-state index >= 15 is 0 Å². The number of benzene rings is 1. The maximum absolute atomic E-state index is 5.45. The normalized spacial score (nSPS) is 11.3. The van der Waals surface area contributed by atoms with Gasteiger partial charge in [0, 0.05) is 12.0 Å². The van der Waals surface area contributed by atoms with Crippen LogP contribution in [0.3, 0.4) is 0 Å². The third-order valence-corrected chi connectivity index (χ3v) is 4.63. The van der Waals surface area contributed by atoms with Crippen LogP contribution in [0.15, 0.2) is 18.3 Å². The van der Waals surface area contributed by atoms with E-state index < -0.39 is 0 Å². The van der Waals surface area contributed by atoms with Crippen LogP contribution < -0.4 is 14.2 Å². The fraction of sp³-hybridized carbons (Fsp3) is 0.368. The maximum atomic E-state index is 5.45. The molecule has 0 amide bonds. The Morgan fingerprint density at radius 2 is 1.79 bits per heavy atom. The second-order valence-electron chi connectivity index (χ2n) is 6.35. The highest BCUT2D eigenvalue weighted by atomic mass is 16.5. The van der Waals surface area contributed by atoms with Crippen molar-refractivity contribution in [3.05, 3.63) is 24.2 Å². The smallest absolute Gasteiger partial charge is 0.203 e. The zero-order valence-corrected chi connectivity index (χ0v) is 16.3. The molecule has 1 aromatic carbocycles. The highest BCUT2D eigenvalue weighted by Gasteiger charge is 2.19. The quantitative estimate of drug-likeness (QED) is 0.524. The Morgan fingerprint density at radius 1 is 1.04 bits per heavy atom. The molecule has 0 atom stereocenters. The van der Waals surface area contributed by atoms with Gasteiger partial charge in [-0.15, -0.1) is 5.10 Å². The van der Waals surface area contributed by atoms with Crippen LogP contribution in [0.1, 0.15) is 25.6 Å². The zero-order valence-electron chi connectivity index (χ0n) is 16.3. The van der Waals surface area contributed by atoms with Crippen molar-refractivity contribution in [1.82, 2.24) is 29.8 Å². The first-order chi connectivity index (χ1) is 13.7. The maximum Gasteiger partial charge on any atom is 0.203 e. The molecular weight excluding hydrogens is 360 g/mol. The van der Waals surface area contributed by atoms with Gasteiger partial charge in [0.05, 0.1) is 32.9 Å². The summed E-state index contributed by atoms with van der Waals surface area (Å²) in [5.74, 6) is 3.02. The topological polar surface area (TPSA) is 99.5 Å². The number of hydrogen-bond acceptors (Lipinski definition) is 7. The Kier molecular flexibility index (Phi) is 4.72. The number of H-pyrrole nitrogens is 1. The third kappa shape index (κ3) is 2.88. The van der Waals surface area contributed by atoms with Gasteiger partial charge in [-0.3, -0.25) is 5.10 Å². The fourth-order valence-electron chi connectivity index (χ4n) is 3.20. The van der Waals surface area contributed by atoms with Gasteiger partial charge in [0.25, 0.3) is 0 Å². The number of aryl methyl sites for hydroxylation is 1. The average Bonchev–Trinajstić information content (AvgIpc) is 3.37. The van der Waals surface area contributed by atoms with Crippen molar-refractivity contribution in [2.24, 2.45) is 0 Å². The van der Waals surface area contributed by atoms with Crippen molar-refractivity contribution in [3.63, 3.8) is 0 Å². The predicted molar refractivity (Wildman–Crippen MR) is 104 cm³/mol.